The van der Waals surface area contributed by atoms with Crippen LogP contribution in [0.2, 0.25) is 5.02 Å². The molecule has 1 saturated heterocycles. The predicted molar refractivity (Wildman–Crippen MR) is 102 cm³/mol. The van der Waals surface area contributed by atoms with Crippen molar-refractivity contribution in [1.29, 1.82) is 5.26 Å². The van der Waals surface area contributed by atoms with Gasteiger partial charge in [0.1, 0.15) is 29.0 Å². The van der Waals surface area contributed by atoms with E-state index in [1.807, 2.05) is 0 Å². The first-order chi connectivity index (χ1) is 13.6. The summed E-state index contributed by atoms with van der Waals surface area (Å²) in [6.45, 7) is 0.403. The summed E-state index contributed by atoms with van der Waals surface area (Å²) in [5, 5.41) is 16.8. The molecule has 1 amide bonds. The number of aromatic nitrogens is 3. The van der Waals surface area contributed by atoms with Crippen molar-refractivity contribution in [3.63, 3.8) is 0 Å². The third-order valence-corrected chi connectivity index (χ3v) is 5.23. The molecule has 6 nitrogen and oxygen atoms in total. The molecule has 1 unspecified atom stereocenters. The van der Waals surface area contributed by atoms with E-state index in [0.717, 1.165) is 11.1 Å². The maximum absolute atomic E-state index is 13.8. The molecule has 1 N–H and O–H groups in total. The Hall–Kier alpha value is -3.24. The number of aromatic amines is 1. The zero-order chi connectivity index (χ0) is 19.7. The highest BCUT2D eigenvalue weighted by atomic mass is 35.5. The number of anilines is 1. The summed E-state index contributed by atoms with van der Waals surface area (Å²) in [7, 11) is 0. The molecule has 1 fully saturated rings. The molecule has 1 aliphatic heterocycles. The van der Waals surface area contributed by atoms with E-state index < -0.39 is 5.82 Å². The number of carbonyl (C=O) groups is 1. The van der Waals surface area contributed by atoms with Gasteiger partial charge in [-0.1, -0.05) is 17.7 Å². The Morgan fingerprint density at radius 2 is 2.07 bits per heavy atom. The minimum absolute atomic E-state index is 0.0623. The van der Waals surface area contributed by atoms with E-state index in [1.165, 1.54) is 12.1 Å². The van der Waals surface area contributed by atoms with Crippen molar-refractivity contribution in [1.82, 2.24) is 15.2 Å². The van der Waals surface area contributed by atoms with E-state index in [-0.39, 0.29) is 23.3 Å². The quantitative estimate of drug-likeness (QED) is 0.725. The zero-order valence-electron chi connectivity index (χ0n) is 14.7. The molecule has 4 rings (SSSR count). The van der Waals surface area contributed by atoms with Gasteiger partial charge in [-0.25, -0.2) is 4.39 Å². The van der Waals surface area contributed by atoms with Crippen LogP contribution >= 0.6 is 11.6 Å². The lowest BCUT2D eigenvalue weighted by Crippen LogP contribution is -2.38. The molecule has 1 aromatic carbocycles. The molecule has 0 radical (unpaired) electrons. The minimum atomic E-state index is -0.489. The largest absolute Gasteiger partial charge is 0.296 e. The Morgan fingerprint density at radius 3 is 2.75 bits per heavy atom. The van der Waals surface area contributed by atoms with Gasteiger partial charge in [-0.2, -0.15) is 10.4 Å². The van der Waals surface area contributed by atoms with Gasteiger partial charge in [0.05, 0.1) is 5.02 Å². The Morgan fingerprint density at radius 1 is 1.29 bits per heavy atom. The smallest absolute Gasteiger partial charge is 0.228 e. The summed E-state index contributed by atoms with van der Waals surface area (Å²) in [5.41, 5.74) is 2.29. The normalized spacial score (nSPS) is 16.8. The van der Waals surface area contributed by atoms with Gasteiger partial charge in [0, 0.05) is 30.9 Å². The number of carbonyl (C=O) groups excluding carboxylic acids is 1. The second-order valence-corrected chi connectivity index (χ2v) is 6.96. The van der Waals surface area contributed by atoms with Crippen molar-refractivity contribution in [2.75, 3.05) is 11.4 Å². The average molecular weight is 396 g/mol. The lowest BCUT2D eigenvalue weighted by molar-refractivity contribution is -0.120. The lowest BCUT2D eigenvalue weighted by Gasteiger charge is -2.31. The first kappa shape index (κ1) is 18.1. The predicted octanol–water partition coefficient (Wildman–Crippen LogP) is 4.05. The van der Waals surface area contributed by atoms with Crippen LogP contribution < -0.4 is 4.90 Å². The van der Waals surface area contributed by atoms with Gasteiger partial charge in [-0.15, -0.1) is 0 Å². The number of hydrogen-bond donors (Lipinski definition) is 1. The first-order valence-electron chi connectivity index (χ1n) is 8.72. The molecule has 0 saturated carbocycles. The SMILES string of the molecule is N#Cc1c(-c2ccncc2)n[nH]c1N1CCC(c2ccc(Cl)c(F)c2)CC1=O. The van der Waals surface area contributed by atoms with Crippen LogP contribution in [-0.2, 0) is 4.79 Å². The van der Waals surface area contributed by atoms with E-state index in [9.17, 15) is 14.4 Å². The van der Waals surface area contributed by atoms with Gasteiger partial charge >= 0.3 is 0 Å². The van der Waals surface area contributed by atoms with Crippen molar-refractivity contribution in [2.24, 2.45) is 0 Å². The molecular formula is C20H15ClFN5O. The molecular weight excluding hydrogens is 381 g/mol. The molecule has 28 heavy (non-hydrogen) atoms. The maximum atomic E-state index is 13.8. The number of pyridine rings is 1. The molecule has 140 valence electrons. The van der Waals surface area contributed by atoms with Gasteiger partial charge in [0.25, 0.3) is 0 Å². The van der Waals surface area contributed by atoms with Crippen LogP contribution in [0.3, 0.4) is 0 Å². The van der Waals surface area contributed by atoms with E-state index in [2.05, 4.69) is 21.3 Å². The van der Waals surface area contributed by atoms with Crippen LogP contribution in [-0.4, -0.2) is 27.6 Å². The summed E-state index contributed by atoms with van der Waals surface area (Å²) in [5.74, 6) is -0.340. The molecule has 2 aromatic heterocycles. The highest BCUT2D eigenvalue weighted by molar-refractivity contribution is 6.30. The molecule has 0 bridgehead atoms. The first-order valence-corrected chi connectivity index (χ1v) is 9.10. The van der Waals surface area contributed by atoms with Crippen LogP contribution in [0.25, 0.3) is 11.3 Å². The van der Waals surface area contributed by atoms with Crippen LogP contribution in [0.4, 0.5) is 10.2 Å². The number of piperidine rings is 1. The fourth-order valence-corrected chi connectivity index (χ4v) is 3.59. The number of benzene rings is 1. The zero-order valence-corrected chi connectivity index (χ0v) is 15.4. The van der Waals surface area contributed by atoms with Gasteiger partial charge in [-0.05, 0) is 42.2 Å². The van der Waals surface area contributed by atoms with E-state index in [0.29, 0.717) is 30.0 Å². The Labute approximate surface area is 165 Å². The van der Waals surface area contributed by atoms with Gasteiger partial charge in [0.15, 0.2) is 0 Å². The van der Waals surface area contributed by atoms with Crippen molar-refractivity contribution in [3.05, 3.63) is 64.7 Å². The summed E-state index contributed by atoms with van der Waals surface area (Å²) in [4.78, 5) is 18.3. The summed E-state index contributed by atoms with van der Waals surface area (Å²) < 4.78 is 13.8. The van der Waals surface area contributed by atoms with Gasteiger partial charge < -0.3 is 0 Å². The fraction of sp³-hybridized carbons (Fsp3) is 0.200. The number of nitrogens with one attached hydrogen (secondary N) is 1. The van der Waals surface area contributed by atoms with Gasteiger partial charge in [0.2, 0.25) is 5.91 Å². The summed E-state index contributed by atoms with van der Waals surface area (Å²) >= 11 is 5.74. The number of hydrogen-bond acceptors (Lipinski definition) is 4. The molecule has 3 aromatic rings. The fourth-order valence-electron chi connectivity index (χ4n) is 3.47. The highest BCUT2D eigenvalue weighted by Gasteiger charge is 2.31. The van der Waals surface area contributed by atoms with Crippen LogP contribution in [0, 0.1) is 17.1 Å². The Bertz CT molecular complexity index is 1080. The third-order valence-electron chi connectivity index (χ3n) is 4.92. The number of nitriles is 1. The molecule has 0 aliphatic carbocycles. The van der Waals surface area contributed by atoms with Crippen molar-refractivity contribution in [3.8, 4) is 17.3 Å². The average Bonchev–Trinajstić information content (AvgIpc) is 3.14. The number of halogens is 2. The number of rotatable bonds is 3. The van der Waals surface area contributed by atoms with E-state index in [4.69, 9.17) is 11.6 Å². The van der Waals surface area contributed by atoms with E-state index >= 15 is 0 Å². The molecule has 3 heterocycles. The van der Waals surface area contributed by atoms with Crippen LogP contribution in [0.1, 0.15) is 29.9 Å². The minimum Gasteiger partial charge on any atom is -0.296 e. The standard InChI is InChI=1S/C20H15ClFN5O/c21-16-2-1-13(9-17(16)22)14-5-8-27(18(28)10-14)20-15(11-23)19(25-26-20)12-3-6-24-7-4-12/h1-4,6-7,9,14H,5,8,10H2,(H,25,26). The molecule has 1 atom stereocenters. The number of nitrogens with zero attached hydrogens (tertiary/aromatic N) is 4. The monoisotopic (exact) mass is 395 g/mol. The summed E-state index contributed by atoms with van der Waals surface area (Å²) in [6, 6.07) is 10.3. The second kappa shape index (κ2) is 7.41. The summed E-state index contributed by atoms with van der Waals surface area (Å²) in [6.07, 6.45) is 4.09. The molecule has 8 heteroatoms. The van der Waals surface area contributed by atoms with Crippen molar-refractivity contribution >= 4 is 23.3 Å². The molecule has 1 aliphatic rings. The number of H-pyrrole nitrogens is 1. The van der Waals surface area contributed by atoms with Gasteiger partial charge in [-0.3, -0.25) is 19.8 Å². The van der Waals surface area contributed by atoms with Crippen LogP contribution in [0.15, 0.2) is 42.7 Å². The van der Waals surface area contributed by atoms with Crippen LogP contribution in [0.5, 0.6) is 0 Å². The van der Waals surface area contributed by atoms with Crippen molar-refractivity contribution in [2.45, 2.75) is 18.8 Å². The maximum Gasteiger partial charge on any atom is 0.228 e. The molecule has 0 spiro atoms. The Kier molecular flexibility index (Phi) is 4.80. The lowest BCUT2D eigenvalue weighted by atomic mass is 9.89. The highest BCUT2D eigenvalue weighted by Crippen LogP contribution is 2.35. The third kappa shape index (κ3) is 3.23. The second-order valence-electron chi connectivity index (χ2n) is 6.55. The van der Waals surface area contributed by atoms with Crippen molar-refractivity contribution < 1.29 is 9.18 Å². The Balaban J connectivity index is 1.59. The number of amides is 1. The topological polar surface area (TPSA) is 85.7 Å². The van der Waals surface area contributed by atoms with E-state index in [1.54, 1.807) is 35.5 Å².